The maximum Gasteiger partial charge on any atom is 0.343 e. The first-order chi connectivity index (χ1) is 20.7. The van der Waals surface area contributed by atoms with Gasteiger partial charge in [-0.15, -0.1) is 0 Å². The molecule has 0 radical (unpaired) electrons. The number of nitrogens with zero attached hydrogens (tertiary/aromatic N) is 3. The summed E-state index contributed by atoms with van der Waals surface area (Å²) in [5, 5.41) is 32.7. The van der Waals surface area contributed by atoms with Gasteiger partial charge in [0, 0.05) is 37.9 Å². The Morgan fingerprint density at radius 3 is 2.39 bits per heavy atom. The van der Waals surface area contributed by atoms with Gasteiger partial charge >= 0.3 is 11.9 Å². The van der Waals surface area contributed by atoms with Crippen LogP contribution in [0.2, 0.25) is 0 Å². The molecule has 0 aliphatic carbocycles. The highest BCUT2D eigenvalue weighted by Crippen LogP contribution is 2.36. The van der Waals surface area contributed by atoms with Crippen LogP contribution in [0.5, 0.6) is 5.75 Å². The quantitative estimate of drug-likeness (QED) is 0.0725. The lowest BCUT2D eigenvalue weighted by molar-refractivity contribution is -0.152. The van der Waals surface area contributed by atoms with E-state index in [0.29, 0.717) is 16.8 Å². The first kappa shape index (κ1) is 32.4. The lowest BCUT2D eigenvalue weighted by Crippen LogP contribution is -2.43. The number of benzene rings is 2. The second kappa shape index (κ2) is 13.4. The smallest absolute Gasteiger partial charge is 0.343 e. The summed E-state index contributed by atoms with van der Waals surface area (Å²) in [5.74, 6) is -2.38. The van der Waals surface area contributed by atoms with E-state index >= 15 is 0 Å². The van der Waals surface area contributed by atoms with Gasteiger partial charge in [0.15, 0.2) is 27.7 Å². The number of nitrogens with two attached hydrogens (primary N) is 2. The van der Waals surface area contributed by atoms with Crippen molar-refractivity contribution in [3.63, 3.8) is 0 Å². The summed E-state index contributed by atoms with van der Waals surface area (Å²) in [5.41, 5.74) is 11.1. The molecule has 1 saturated heterocycles. The molecule has 0 aromatic heterocycles. The molecule has 1 fully saturated rings. The van der Waals surface area contributed by atoms with E-state index in [2.05, 4.69) is 10.1 Å². The third kappa shape index (κ3) is 8.52. The van der Waals surface area contributed by atoms with Crippen molar-refractivity contribution >= 4 is 45.0 Å². The van der Waals surface area contributed by atoms with E-state index in [1.54, 1.807) is 6.07 Å². The number of amides is 1. The van der Waals surface area contributed by atoms with Crippen LogP contribution >= 0.6 is 0 Å². The molecule has 2 heterocycles. The zero-order chi connectivity index (χ0) is 32.1. The van der Waals surface area contributed by atoms with Crippen molar-refractivity contribution in [2.75, 3.05) is 24.6 Å². The molecule has 2 aromatic rings. The molecule has 2 aliphatic rings. The Bertz CT molecular complexity index is 1570. The molecule has 2 aliphatic heterocycles. The van der Waals surface area contributed by atoms with Crippen molar-refractivity contribution < 1.29 is 47.7 Å². The van der Waals surface area contributed by atoms with Crippen molar-refractivity contribution in [3.8, 4) is 5.75 Å². The van der Waals surface area contributed by atoms with E-state index in [1.165, 1.54) is 41.3 Å². The average Bonchev–Trinajstić information content (AvgIpc) is 3.33. The first-order valence-corrected chi connectivity index (χ1v) is 15.4. The van der Waals surface area contributed by atoms with Crippen molar-refractivity contribution in [1.82, 2.24) is 4.90 Å². The first-order valence-electron chi connectivity index (χ1n) is 13.6. The number of esters is 1. The average molecular weight is 632 g/mol. The van der Waals surface area contributed by atoms with Gasteiger partial charge < -0.3 is 41.3 Å². The molecule has 1 amide bonds. The molecule has 4 rings (SSSR count). The highest BCUT2D eigenvalue weighted by molar-refractivity contribution is 7.91. The summed E-state index contributed by atoms with van der Waals surface area (Å²) < 4.78 is 29.1. The van der Waals surface area contributed by atoms with Gasteiger partial charge in [-0.3, -0.25) is 9.59 Å². The van der Waals surface area contributed by atoms with E-state index in [9.17, 15) is 38.1 Å². The minimum atomic E-state index is -3.16. The number of ether oxygens (including phenoxy) is 1. The maximum absolute atomic E-state index is 12.9. The Morgan fingerprint density at radius 2 is 1.77 bits per heavy atom. The molecular weight excluding hydrogens is 598 g/mol. The Kier molecular flexibility index (Phi) is 9.86. The van der Waals surface area contributed by atoms with Gasteiger partial charge in [-0.1, -0.05) is 11.2 Å². The molecule has 236 valence electrons. The minimum Gasteiger partial charge on any atom is -0.481 e. The summed E-state index contributed by atoms with van der Waals surface area (Å²) in [6.45, 7) is 0.217. The highest BCUT2D eigenvalue weighted by Gasteiger charge is 2.43. The second-order valence-electron chi connectivity index (χ2n) is 10.6. The van der Waals surface area contributed by atoms with Crippen LogP contribution in [0.15, 0.2) is 52.6 Å². The zero-order valence-electron chi connectivity index (χ0n) is 23.6. The van der Waals surface area contributed by atoms with Gasteiger partial charge in [0.2, 0.25) is 5.91 Å². The number of aryl methyl sites for hydroxylation is 1. The number of carbonyl (C=O) groups excluding carboxylic acids is 2. The van der Waals surface area contributed by atoms with Crippen LogP contribution in [0.4, 0.5) is 5.69 Å². The Hall–Kier alpha value is -4.54. The van der Waals surface area contributed by atoms with E-state index in [0.717, 1.165) is 0 Å². The molecule has 1 unspecified atom stereocenters. The van der Waals surface area contributed by atoms with Gasteiger partial charge in [-0.05, 0) is 48.4 Å². The Labute approximate surface area is 252 Å². The predicted molar refractivity (Wildman–Crippen MR) is 157 cm³/mol. The summed E-state index contributed by atoms with van der Waals surface area (Å²) in [7, 11) is -3.16. The van der Waals surface area contributed by atoms with Gasteiger partial charge in [0.05, 0.1) is 34.9 Å². The number of carboxylic acid groups (broad SMARTS) is 1. The molecule has 2 aromatic carbocycles. The lowest BCUT2D eigenvalue weighted by atomic mass is 9.86. The highest BCUT2D eigenvalue weighted by atomic mass is 32.2. The van der Waals surface area contributed by atoms with E-state index in [1.807, 2.05) is 0 Å². The summed E-state index contributed by atoms with van der Waals surface area (Å²) in [6, 6.07) is 10.7. The molecule has 1 atom stereocenters. The van der Waals surface area contributed by atoms with Gasteiger partial charge in [-0.2, -0.15) is 0 Å². The van der Waals surface area contributed by atoms with Gasteiger partial charge in [-0.25, -0.2) is 18.2 Å². The lowest BCUT2D eigenvalue weighted by Gasteiger charge is -2.27. The molecule has 0 saturated carbocycles. The molecular formula is C28H33N5O10S. The van der Waals surface area contributed by atoms with Gasteiger partial charge in [0.25, 0.3) is 0 Å². The largest absolute Gasteiger partial charge is 0.481 e. The van der Waals surface area contributed by atoms with Crippen LogP contribution in [0.1, 0.15) is 47.2 Å². The molecule has 15 nitrogen and oxygen atoms in total. The number of aliphatic imine (C=N–C) groups is 1. The number of hydrogen-bond donors (Lipinski definition) is 5. The second-order valence-corrected chi connectivity index (χ2v) is 12.9. The van der Waals surface area contributed by atoms with E-state index in [4.69, 9.17) is 21.0 Å². The number of sulfone groups is 1. The summed E-state index contributed by atoms with van der Waals surface area (Å²) in [6.07, 6.45) is -2.72. The SMILES string of the molecule is NC(N)=Nc1ccc(C(=O)Oc2ccc(CCC(=O)N3CCS(=O)(=O)CC3)c(C3=NOC(CC(=O)O)(CC(O)O)C3)c2)cc1. The zero-order valence-corrected chi connectivity index (χ0v) is 24.4. The Morgan fingerprint density at radius 1 is 1.09 bits per heavy atom. The van der Waals surface area contributed by atoms with Crippen LogP contribution in [0.3, 0.4) is 0 Å². The number of aliphatic carboxylic acids is 1. The number of carboxylic acids is 1. The van der Waals surface area contributed by atoms with Crippen molar-refractivity contribution in [2.45, 2.75) is 44.0 Å². The normalized spacial score (nSPS) is 19.2. The van der Waals surface area contributed by atoms with E-state index in [-0.39, 0.29) is 72.7 Å². The van der Waals surface area contributed by atoms with Crippen LogP contribution in [-0.2, 0) is 30.7 Å². The fraction of sp³-hybridized carbons (Fsp3) is 0.393. The third-order valence-electron chi connectivity index (χ3n) is 7.14. The predicted octanol–water partition coefficient (Wildman–Crippen LogP) is 0.0390. The van der Waals surface area contributed by atoms with Crippen LogP contribution < -0.4 is 16.2 Å². The van der Waals surface area contributed by atoms with Crippen LogP contribution in [0.25, 0.3) is 0 Å². The molecule has 0 spiro atoms. The number of rotatable bonds is 11. The standard InChI is InChI=1S/C28H33N5O10S/c29-27(30)31-19-5-1-18(2-6-19)26(39)42-20-7-3-17(4-8-23(34)33-9-11-44(40,41)12-10-33)21(13-20)22-14-28(43-32-22,15-24(35)36)16-25(37)38/h1-3,5-7,13,24,35-36H,4,8-12,14-16H2,(H,37,38)(H4,29,30,31). The number of aliphatic hydroxyl groups is 2. The fourth-order valence-electron chi connectivity index (χ4n) is 5.01. The molecule has 0 bridgehead atoms. The van der Waals surface area contributed by atoms with E-state index < -0.39 is 46.5 Å². The Balaban J connectivity index is 1.57. The van der Waals surface area contributed by atoms with Crippen molar-refractivity contribution in [2.24, 2.45) is 21.6 Å². The fourth-order valence-corrected chi connectivity index (χ4v) is 6.21. The number of oxime groups is 1. The van der Waals surface area contributed by atoms with Crippen molar-refractivity contribution in [1.29, 1.82) is 0 Å². The minimum absolute atomic E-state index is 0.0398. The topological polar surface area (TPSA) is 244 Å². The molecule has 44 heavy (non-hydrogen) atoms. The monoisotopic (exact) mass is 631 g/mol. The number of aliphatic hydroxyl groups excluding tert-OH is 1. The molecule has 7 N–H and O–H groups in total. The van der Waals surface area contributed by atoms with Gasteiger partial charge in [0.1, 0.15) is 5.75 Å². The molecule has 16 heteroatoms. The van der Waals surface area contributed by atoms with Crippen LogP contribution in [0, 0.1) is 0 Å². The summed E-state index contributed by atoms with van der Waals surface area (Å²) in [4.78, 5) is 48.2. The van der Waals surface area contributed by atoms with Crippen molar-refractivity contribution in [3.05, 3.63) is 59.2 Å². The third-order valence-corrected chi connectivity index (χ3v) is 8.75. The number of hydrogen-bond acceptors (Lipinski definition) is 11. The van der Waals surface area contributed by atoms with Crippen LogP contribution in [-0.4, -0.2) is 94.6 Å². The number of carbonyl (C=O) groups is 3. The number of guanidine groups is 1. The summed E-state index contributed by atoms with van der Waals surface area (Å²) >= 11 is 0. The maximum atomic E-state index is 12.9.